The van der Waals surface area contributed by atoms with Gasteiger partial charge in [0.05, 0.1) is 0 Å². The zero-order chi connectivity index (χ0) is 9.80. The maximum atomic E-state index is 5.95. The lowest BCUT2D eigenvalue weighted by Crippen LogP contribution is -2.43. The van der Waals surface area contributed by atoms with Crippen molar-refractivity contribution >= 4 is 23.4 Å². The first-order valence-electron chi connectivity index (χ1n) is 4.74. The van der Waals surface area contributed by atoms with E-state index < -0.39 is 0 Å². The summed E-state index contributed by atoms with van der Waals surface area (Å²) in [6, 6.07) is 3.98. The zero-order valence-corrected chi connectivity index (χ0v) is 9.44. The van der Waals surface area contributed by atoms with E-state index in [1.165, 1.54) is 18.8 Å². The number of aromatic nitrogens is 1. The minimum absolute atomic E-state index is 0.645. The maximum absolute atomic E-state index is 5.95. The van der Waals surface area contributed by atoms with E-state index in [0.29, 0.717) is 5.15 Å². The summed E-state index contributed by atoms with van der Waals surface area (Å²) in [5, 5.41) is 3.91. The molecule has 0 radical (unpaired) electrons. The standard InChI is InChI=1S/C10H13ClN2S/c11-10-9(2-1-3-13-10)7-14-6-8-4-12-5-8/h1-3,8,12H,4-7H2. The largest absolute Gasteiger partial charge is 0.316 e. The van der Waals surface area contributed by atoms with Gasteiger partial charge >= 0.3 is 0 Å². The summed E-state index contributed by atoms with van der Waals surface area (Å²) in [5.74, 6) is 3.05. The SMILES string of the molecule is Clc1ncccc1CSCC1CNC1. The molecule has 1 saturated heterocycles. The van der Waals surface area contributed by atoms with Crippen molar-refractivity contribution < 1.29 is 0 Å². The van der Waals surface area contributed by atoms with E-state index in [4.69, 9.17) is 11.6 Å². The van der Waals surface area contributed by atoms with E-state index in [9.17, 15) is 0 Å². The van der Waals surface area contributed by atoms with E-state index in [0.717, 1.165) is 17.2 Å². The summed E-state index contributed by atoms with van der Waals surface area (Å²) in [6.45, 7) is 2.35. The van der Waals surface area contributed by atoms with Gasteiger partial charge in [-0.05, 0) is 36.4 Å². The Morgan fingerprint density at radius 2 is 2.43 bits per heavy atom. The number of nitrogens with zero attached hydrogens (tertiary/aromatic N) is 1. The van der Waals surface area contributed by atoms with Crippen molar-refractivity contribution in [2.24, 2.45) is 5.92 Å². The highest BCUT2D eigenvalue weighted by atomic mass is 35.5. The lowest BCUT2D eigenvalue weighted by Gasteiger charge is -2.26. The first-order valence-corrected chi connectivity index (χ1v) is 6.27. The quantitative estimate of drug-likeness (QED) is 0.800. The highest BCUT2D eigenvalue weighted by Crippen LogP contribution is 2.21. The molecule has 0 amide bonds. The van der Waals surface area contributed by atoms with Gasteiger partial charge < -0.3 is 5.32 Å². The Morgan fingerprint density at radius 1 is 1.57 bits per heavy atom. The molecule has 0 aliphatic carbocycles. The molecule has 1 aromatic rings. The fraction of sp³-hybridized carbons (Fsp3) is 0.500. The Labute approximate surface area is 93.4 Å². The van der Waals surface area contributed by atoms with Crippen LogP contribution in [0.2, 0.25) is 5.15 Å². The molecular formula is C10H13ClN2S. The van der Waals surface area contributed by atoms with Crippen LogP contribution in [0.4, 0.5) is 0 Å². The highest BCUT2D eigenvalue weighted by Gasteiger charge is 2.16. The van der Waals surface area contributed by atoms with Gasteiger partial charge in [-0.3, -0.25) is 0 Å². The van der Waals surface area contributed by atoms with Gasteiger partial charge in [0.25, 0.3) is 0 Å². The average Bonchev–Trinajstić information content (AvgIpc) is 2.12. The fourth-order valence-corrected chi connectivity index (χ4v) is 2.73. The number of halogens is 1. The van der Waals surface area contributed by atoms with E-state index in [1.807, 2.05) is 23.9 Å². The number of thioether (sulfide) groups is 1. The lowest BCUT2D eigenvalue weighted by atomic mass is 10.1. The van der Waals surface area contributed by atoms with E-state index in [1.54, 1.807) is 6.20 Å². The smallest absolute Gasteiger partial charge is 0.133 e. The van der Waals surface area contributed by atoms with Crippen LogP contribution in [0.1, 0.15) is 5.56 Å². The van der Waals surface area contributed by atoms with Gasteiger partial charge in [-0.25, -0.2) is 4.98 Å². The van der Waals surface area contributed by atoms with Crippen molar-refractivity contribution in [1.82, 2.24) is 10.3 Å². The molecule has 1 N–H and O–H groups in total. The fourth-order valence-electron chi connectivity index (χ4n) is 1.33. The zero-order valence-electron chi connectivity index (χ0n) is 7.87. The van der Waals surface area contributed by atoms with Crippen molar-refractivity contribution in [2.75, 3.05) is 18.8 Å². The maximum Gasteiger partial charge on any atom is 0.133 e. The van der Waals surface area contributed by atoms with Gasteiger partial charge in [-0.15, -0.1) is 0 Å². The third kappa shape index (κ3) is 2.62. The first kappa shape index (κ1) is 10.3. The summed E-state index contributed by atoms with van der Waals surface area (Å²) < 4.78 is 0. The highest BCUT2D eigenvalue weighted by molar-refractivity contribution is 7.98. The van der Waals surface area contributed by atoms with Crippen LogP contribution in [0.3, 0.4) is 0 Å². The van der Waals surface area contributed by atoms with Crippen LogP contribution in [-0.2, 0) is 5.75 Å². The first-order chi connectivity index (χ1) is 6.86. The Bertz CT molecular complexity index is 302. The van der Waals surface area contributed by atoms with Crippen molar-refractivity contribution in [3.8, 4) is 0 Å². The Kier molecular flexibility index (Phi) is 3.67. The van der Waals surface area contributed by atoms with E-state index in [2.05, 4.69) is 10.3 Å². The van der Waals surface area contributed by atoms with Gasteiger partial charge in [-0.2, -0.15) is 11.8 Å². The molecule has 1 aliphatic heterocycles. The molecule has 0 unspecified atom stereocenters. The summed E-state index contributed by atoms with van der Waals surface area (Å²) >= 11 is 7.89. The van der Waals surface area contributed by atoms with Crippen LogP contribution in [0, 0.1) is 5.92 Å². The second kappa shape index (κ2) is 5.01. The number of pyridine rings is 1. The minimum atomic E-state index is 0.645. The molecule has 76 valence electrons. The number of hydrogen-bond acceptors (Lipinski definition) is 3. The second-order valence-electron chi connectivity index (χ2n) is 3.49. The summed E-state index contributed by atoms with van der Waals surface area (Å²) in [7, 11) is 0. The molecule has 0 atom stereocenters. The van der Waals surface area contributed by atoms with Gasteiger partial charge in [0.1, 0.15) is 5.15 Å². The monoisotopic (exact) mass is 228 g/mol. The molecule has 1 aliphatic rings. The second-order valence-corrected chi connectivity index (χ2v) is 4.88. The van der Waals surface area contributed by atoms with Crippen molar-refractivity contribution in [2.45, 2.75) is 5.75 Å². The molecule has 2 nitrogen and oxygen atoms in total. The van der Waals surface area contributed by atoms with Crippen LogP contribution in [0.5, 0.6) is 0 Å². The van der Waals surface area contributed by atoms with E-state index >= 15 is 0 Å². The number of nitrogens with one attached hydrogen (secondary N) is 1. The van der Waals surface area contributed by atoms with Crippen LogP contribution >= 0.6 is 23.4 Å². The average molecular weight is 229 g/mol. The van der Waals surface area contributed by atoms with Crippen LogP contribution in [0.25, 0.3) is 0 Å². The molecule has 0 aromatic carbocycles. The number of hydrogen-bond donors (Lipinski definition) is 1. The van der Waals surface area contributed by atoms with Gasteiger partial charge in [0.2, 0.25) is 0 Å². The predicted octanol–water partition coefficient (Wildman–Crippen LogP) is 2.19. The number of rotatable bonds is 4. The summed E-state index contributed by atoms with van der Waals surface area (Å²) in [4.78, 5) is 4.05. The lowest BCUT2D eigenvalue weighted by molar-refractivity contribution is 0.385. The van der Waals surface area contributed by atoms with Gasteiger partial charge in [0, 0.05) is 11.9 Å². The summed E-state index contributed by atoms with van der Waals surface area (Å²) in [6.07, 6.45) is 1.73. The summed E-state index contributed by atoms with van der Waals surface area (Å²) in [5.41, 5.74) is 1.14. The Morgan fingerprint density at radius 3 is 3.07 bits per heavy atom. The molecule has 2 rings (SSSR count). The molecule has 0 bridgehead atoms. The normalized spacial score (nSPS) is 16.6. The third-order valence-corrected chi connectivity index (χ3v) is 3.88. The molecular weight excluding hydrogens is 216 g/mol. The van der Waals surface area contributed by atoms with Crippen molar-refractivity contribution in [3.05, 3.63) is 29.0 Å². The predicted molar refractivity (Wildman–Crippen MR) is 61.8 cm³/mol. The molecule has 1 fully saturated rings. The molecule has 4 heteroatoms. The molecule has 0 spiro atoms. The van der Waals surface area contributed by atoms with Crippen molar-refractivity contribution in [3.63, 3.8) is 0 Å². The minimum Gasteiger partial charge on any atom is -0.316 e. The topological polar surface area (TPSA) is 24.9 Å². The molecule has 2 heterocycles. The van der Waals surface area contributed by atoms with E-state index in [-0.39, 0.29) is 0 Å². The van der Waals surface area contributed by atoms with Crippen LogP contribution in [-0.4, -0.2) is 23.8 Å². The third-order valence-electron chi connectivity index (χ3n) is 2.31. The van der Waals surface area contributed by atoms with Gasteiger partial charge in [0.15, 0.2) is 0 Å². The molecule has 14 heavy (non-hydrogen) atoms. The van der Waals surface area contributed by atoms with Crippen molar-refractivity contribution in [1.29, 1.82) is 0 Å². The van der Waals surface area contributed by atoms with Crippen LogP contribution < -0.4 is 5.32 Å². The van der Waals surface area contributed by atoms with Gasteiger partial charge in [-0.1, -0.05) is 17.7 Å². The Balaban J connectivity index is 1.76. The Hall–Kier alpha value is -0.250. The molecule has 1 aromatic heterocycles. The molecule has 0 saturated carbocycles. The van der Waals surface area contributed by atoms with Crippen LogP contribution in [0.15, 0.2) is 18.3 Å².